The Morgan fingerprint density at radius 3 is 2.62 bits per heavy atom. The molecule has 0 bridgehead atoms. The highest BCUT2D eigenvalue weighted by Gasteiger charge is 2.49. The van der Waals surface area contributed by atoms with E-state index in [9.17, 15) is 14.4 Å². The molecule has 0 aliphatic carbocycles. The maximum atomic E-state index is 14.1. The fourth-order valence-corrected chi connectivity index (χ4v) is 5.64. The summed E-state index contributed by atoms with van der Waals surface area (Å²) < 4.78 is 22.8. The van der Waals surface area contributed by atoms with Crippen molar-refractivity contribution in [1.82, 2.24) is 15.2 Å². The number of hydrogen-bond donors (Lipinski definition) is 2. The van der Waals surface area contributed by atoms with E-state index in [-0.39, 0.29) is 31.4 Å². The van der Waals surface area contributed by atoms with Gasteiger partial charge in [0.2, 0.25) is 23.6 Å². The first kappa shape index (κ1) is 31.9. The molecule has 5 atom stereocenters. The molecule has 3 aromatic rings. The van der Waals surface area contributed by atoms with Gasteiger partial charge in [0, 0.05) is 18.5 Å². The predicted octanol–water partition coefficient (Wildman–Crippen LogP) is 2.65. The van der Waals surface area contributed by atoms with Gasteiger partial charge in [-0.15, -0.1) is 0 Å². The second kappa shape index (κ2) is 14.0. The monoisotopic (exact) mass is 617 g/mol. The Morgan fingerprint density at radius 2 is 1.91 bits per heavy atom. The van der Waals surface area contributed by atoms with E-state index in [0.29, 0.717) is 25.3 Å². The van der Waals surface area contributed by atoms with Gasteiger partial charge in [0.15, 0.2) is 5.54 Å². The third kappa shape index (κ3) is 7.23. The lowest BCUT2D eigenvalue weighted by Gasteiger charge is -2.32. The van der Waals surface area contributed by atoms with E-state index in [1.807, 2.05) is 54.6 Å². The Balaban J connectivity index is 1.37. The number of esters is 1. The molecule has 5 rings (SSSR count). The fraction of sp³-hybridized carbons (Fsp3) is 0.424. The molecule has 2 aliphatic rings. The molecule has 12 nitrogen and oxygen atoms in total. The standard InChI is InChI=1S/C33H39N5O7/c1-21(34)28(39)36-27(22(2)44-19-23-9-5-4-6-10-23)31(40)38-15-8-13-26(38)30-37-33(20-45-30,32(41)42-3)18-24-11-7-12-25(17-24)29-35-14-16-43-29/h4-7,9-12,14,16-17,21-22,26-27H,8,13,15,18-20,34H2,1-3H3,(H,36,39)/t21?,22-,26?,27+,33-/m1/s1. The number of ether oxygens (including phenoxy) is 3. The van der Waals surface area contributed by atoms with Crippen LogP contribution in [0.1, 0.15) is 37.8 Å². The van der Waals surface area contributed by atoms with Gasteiger partial charge in [-0.05, 0) is 49.9 Å². The van der Waals surface area contributed by atoms with Crippen molar-refractivity contribution < 1.29 is 33.0 Å². The van der Waals surface area contributed by atoms with Gasteiger partial charge in [-0.25, -0.2) is 14.8 Å². The van der Waals surface area contributed by atoms with Gasteiger partial charge in [0.1, 0.15) is 25.0 Å². The van der Waals surface area contributed by atoms with E-state index in [0.717, 1.165) is 16.7 Å². The number of rotatable bonds is 12. The molecule has 1 aromatic heterocycles. The molecule has 45 heavy (non-hydrogen) atoms. The van der Waals surface area contributed by atoms with Gasteiger partial charge < -0.3 is 34.6 Å². The zero-order chi connectivity index (χ0) is 32.0. The van der Waals surface area contributed by atoms with E-state index in [1.54, 1.807) is 24.9 Å². The summed E-state index contributed by atoms with van der Waals surface area (Å²) in [7, 11) is 1.31. The number of carbonyl (C=O) groups is 3. The van der Waals surface area contributed by atoms with Crippen LogP contribution in [-0.2, 0) is 41.6 Å². The lowest BCUT2D eigenvalue weighted by atomic mass is 9.91. The smallest absolute Gasteiger partial charge is 0.337 e. The Labute approximate surface area is 261 Å². The zero-order valence-corrected chi connectivity index (χ0v) is 25.7. The molecule has 3 heterocycles. The summed E-state index contributed by atoms with van der Waals surface area (Å²) in [6, 6.07) is 14.7. The minimum atomic E-state index is -1.34. The van der Waals surface area contributed by atoms with Crippen LogP contribution in [0.2, 0.25) is 0 Å². The van der Waals surface area contributed by atoms with Crippen LogP contribution in [0, 0.1) is 0 Å². The minimum Gasteiger partial charge on any atom is -0.476 e. The number of hydrogen-bond acceptors (Lipinski definition) is 10. The number of nitrogens with zero attached hydrogens (tertiary/aromatic N) is 3. The van der Waals surface area contributed by atoms with Crippen molar-refractivity contribution in [3.8, 4) is 11.5 Å². The number of oxazole rings is 1. The fourth-order valence-electron chi connectivity index (χ4n) is 5.64. The van der Waals surface area contributed by atoms with E-state index in [4.69, 9.17) is 29.4 Å². The summed E-state index contributed by atoms with van der Waals surface area (Å²) in [5.74, 6) is -0.605. The molecule has 1 saturated heterocycles. The van der Waals surface area contributed by atoms with Gasteiger partial charge in [0.05, 0.1) is 32.1 Å². The van der Waals surface area contributed by atoms with Crippen LogP contribution in [0.25, 0.3) is 11.5 Å². The second-order valence-corrected chi connectivity index (χ2v) is 11.4. The average Bonchev–Trinajstić information content (AvgIpc) is 3.84. The molecule has 2 amide bonds. The number of aliphatic imine (C=N–C) groups is 1. The number of likely N-dealkylation sites (tertiary alicyclic amines) is 1. The molecular formula is C33H39N5O7. The van der Waals surface area contributed by atoms with Gasteiger partial charge >= 0.3 is 5.97 Å². The van der Waals surface area contributed by atoms with Crippen molar-refractivity contribution in [3.63, 3.8) is 0 Å². The maximum Gasteiger partial charge on any atom is 0.337 e. The highest BCUT2D eigenvalue weighted by atomic mass is 16.5. The van der Waals surface area contributed by atoms with Gasteiger partial charge in [0.25, 0.3) is 0 Å². The molecule has 0 saturated carbocycles. The van der Waals surface area contributed by atoms with Crippen molar-refractivity contribution in [3.05, 3.63) is 78.2 Å². The van der Waals surface area contributed by atoms with Crippen LogP contribution in [0.4, 0.5) is 0 Å². The number of amides is 2. The molecule has 0 spiro atoms. The van der Waals surface area contributed by atoms with E-state index in [2.05, 4.69) is 10.3 Å². The summed E-state index contributed by atoms with van der Waals surface area (Å²) in [6.45, 7) is 3.94. The summed E-state index contributed by atoms with van der Waals surface area (Å²) in [5.41, 5.74) is 7.00. The molecule has 3 N–H and O–H groups in total. The van der Waals surface area contributed by atoms with Crippen molar-refractivity contribution in [2.24, 2.45) is 10.7 Å². The molecular weight excluding hydrogens is 578 g/mol. The van der Waals surface area contributed by atoms with Crippen LogP contribution in [-0.4, -0.2) is 83.6 Å². The van der Waals surface area contributed by atoms with Crippen LogP contribution >= 0.6 is 0 Å². The normalized spacial score (nSPS) is 21.4. The Morgan fingerprint density at radius 1 is 1.13 bits per heavy atom. The van der Waals surface area contributed by atoms with Gasteiger partial charge in [-0.3, -0.25) is 9.59 Å². The topological polar surface area (TPSA) is 159 Å². The van der Waals surface area contributed by atoms with Gasteiger partial charge in [-0.1, -0.05) is 42.5 Å². The SMILES string of the molecule is COC(=O)[C@@]1(Cc2cccc(-c3ncco3)c2)COC(C2CCCN2C(=O)[C@@H](NC(=O)C(C)N)[C@@H](C)OCc2ccccc2)=N1. The van der Waals surface area contributed by atoms with Gasteiger partial charge in [-0.2, -0.15) is 0 Å². The molecule has 12 heteroatoms. The van der Waals surface area contributed by atoms with Crippen LogP contribution in [0.15, 0.2) is 76.5 Å². The lowest BCUT2D eigenvalue weighted by molar-refractivity contribution is -0.147. The molecule has 2 aromatic carbocycles. The molecule has 1 fully saturated rings. The Kier molecular flexibility index (Phi) is 9.94. The first-order chi connectivity index (χ1) is 21.7. The van der Waals surface area contributed by atoms with E-state index >= 15 is 0 Å². The summed E-state index contributed by atoms with van der Waals surface area (Å²) in [5, 5.41) is 2.79. The van der Waals surface area contributed by atoms with Crippen LogP contribution in [0.5, 0.6) is 0 Å². The quantitative estimate of drug-likeness (QED) is 0.292. The van der Waals surface area contributed by atoms with Crippen molar-refractivity contribution in [1.29, 1.82) is 0 Å². The minimum absolute atomic E-state index is 0.0434. The maximum absolute atomic E-state index is 14.1. The molecule has 2 aliphatic heterocycles. The summed E-state index contributed by atoms with van der Waals surface area (Å²) in [4.78, 5) is 50.6. The summed E-state index contributed by atoms with van der Waals surface area (Å²) in [6.07, 6.45) is 3.87. The largest absolute Gasteiger partial charge is 0.476 e. The number of nitrogens with two attached hydrogens (primary N) is 1. The first-order valence-corrected chi connectivity index (χ1v) is 15.0. The van der Waals surface area contributed by atoms with Crippen molar-refractivity contribution in [2.45, 2.75) is 69.5 Å². The van der Waals surface area contributed by atoms with Crippen molar-refractivity contribution in [2.75, 3.05) is 20.3 Å². The van der Waals surface area contributed by atoms with E-state index in [1.165, 1.54) is 13.4 Å². The highest BCUT2D eigenvalue weighted by Crippen LogP contribution is 2.32. The second-order valence-electron chi connectivity index (χ2n) is 11.4. The molecule has 0 radical (unpaired) electrons. The number of benzene rings is 2. The predicted molar refractivity (Wildman–Crippen MR) is 165 cm³/mol. The van der Waals surface area contributed by atoms with Crippen LogP contribution < -0.4 is 11.1 Å². The number of nitrogens with one attached hydrogen (secondary N) is 1. The molecule has 238 valence electrons. The third-order valence-corrected chi connectivity index (χ3v) is 8.07. The number of methoxy groups -OCH3 is 1. The average molecular weight is 618 g/mol. The third-order valence-electron chi connectivity index (χ3n) is 8.07. The Bertz CT molecular complexity index is 1510. The number of carbonyl (C=O) groups excluding carboxylic acids is 3. The molecule has 2 unspecified atom stereocenters. The van der Waals surface area contributed by atoms with E-state index < -0.39 is 41.6 Å². The van der Waals surface area contributed by atoms with Crippen LogP contribution in [0.3, 0.4) is 0 Å². The number of aromatic nitrogens is 1. The highest BCUT2D eigenvalue weighted by molar-refractivity contribution is 5.96. The zero-order valence-electron chi connectivity index (χ0n) is 25.7. The summed E-state index contributed by atoms with van der Waals surface area (Å²) >= 11 is 0. The lowest BCUT2D eigenvalue weighted by Crippen LogP contribution is -2.58. The Hall–Kier alpha value is -4.55. The van der Waals surface area contributed by atoms with Crippen molar-refractivity contribution >= 4 is 23.7 Å². The first-order valence-electron chi connectivity index (χ1n) is 15.0.